The van der Waals surface area contributed by atoms with E-state index in [1.807, 2.05) is 42.4 Å². The van der Waals surface area contributed by atoms with Crippen LogP contribution < -0.4 is 10.2 Å². The summed E-state index contributed by atoms with van der Waals surface area (Å²) in [5.41, 5.74) is 2.78. The Morgan fingerprint density at radius 3 is 2.65 bits per heavy atom. The maximum absolute atomic E-state index is 14.9. The molecule has 1 unspecified atom stereocenters. The Labute approximate surface area is 199 Å². The monoisotopic (exact) mass is 470 g/mol. The number of carbonyl (C=O) groups is 2. The van der Waals surface area contributed by atoms with E-state index >= 15 is 0 Å². The quantitative estimate of drug-likeness (QED) is 0.549. The number of likely N-dealkylation sites (N-methyl/N-ethyl adjacent to an activating group) is 1. The van der Waals surface area contributed by atoms with Crippen molar-refractivity contribution in [1.82, 2.24) is 10.2 Å². The number of aliphatic hydroxyl groups excluding tert-OH is 1. The topological polar surface area (TPSA) is 94.5 Å². The Bertz CT molecular complexity index is 1010. The molecular weight excluding hydrogens is 439 g/mol. The van der Waals surface area contributed by atoms with Crippen LogP contribution in [0.15, 0.2) is 59.9 Å². The molecule has 0 spiro atoms. The van der Waals surface area contributed by atoms with Gasteiger partial charge in [-0.3, -0.25) is 14.7 Å². The van der Waals surface area contributed by atoms with E-state index in [0.717, 1.165) is 31.2 Å². The third-order valence-electron chi connectivity index (χ3n) is 5.16. The van der Waals surface area contributed by atoms with E-state index in [1.165, 1.54) is 17.9 Å². The molecule has 2 N–H and O–H groups in total. The van der Waals surface area contributed by atoms with Crippen LogP contribution >= 0.6 is 0 Å². The molecule has 8 nitrogen and oxygen atoms in total. The number of aliphatic imine (C=N–C) groups is 1. The van der Waals surface area contributed by atoms with Crippen molar-refractivity contribution in [3.8, 4) is 11.1 Å². The lowest BCUT2D eigenvalue weighted by atomic mass is 10.0. The van der Waals surface area contributed by atoms with Crippen molar-refractivity contribution in [2.24, 2.45) is 4.99 Å². The summed E-state index contributed by atoms with van der Waals surface area (Å²) in [6.07, 6.45) is 3.32. The zero-order chi connectivity index (χ0) is 25.1. The first kappa shape index (κ1) is 26.5. The SMILES string of the molecule is C=N/C=C\N(C)CCc1ccc(-c2ccc(N3CC(CNC(C)=O)OC3=O)cc2F)cc1.CO. The average molecular weight is 471 g/mol. The van der Waals surface area contributed by atoms with E-state index in [0.29, 0.717) is 11.3 Å². The number of nitrogens with zero attached hydrogens (tertiary/aromatic N) is 3. The first-order valence-corrected chi connectivity index (χ1v) is 10.8. The van der Waals surface area contributed by atoms with E-state index in [1.54, 1.807) is 18.3 Å². The van der Waals surface area contributed by atoms with E-state index < -0.39 is 18.0 Å². The van der Waals surface area contributed by atoms with Gasteiger partial charge in [-0.2, -0.15) is 0 Å². The molecule has 9 heteroatoms. The normalized spacial score (nSPS) is 14.9. The summed E-state index contributed by atoms with van der Waals surface area (Å²) in [7, 11) is 2.96. The van der Waals surface area contributed by atoms with E-state index in [4.69, 9.17) is 9.84 Å². The fraction of sp³-hybridized carbons (Fsp3) is 0.320. The second-order valence-electron chi connectivity index (χ2n) is 7.63. The van der Waals surface area contributed by atoms with Gasteiger partial charge >= 0.3 is 6.09 Å². The molecule has 1 heterocycles. The molecule has 2 aromatic carbocycles. The highest BCUT2D eigenvalue weighted by atomic mass is 19.1. The number of rotatable bonds is 9. The zero-order valence-corrected chi connectivity index (χ0v) is 19.7. The number of aliphatic hydroxyl groups is 1. The number of hydrogen-bond donors (Lipinski definition) is 2. The van der Waals surface area contributed by atoms with Crippen LogP contribution in [0.5, 0.6) is 0 Å². The molecular formula is C25H31FN4O4. The van der Waals surface area contributed by atoms with Crippen LogP contribution in [0.4, 0.5) is 14.9 Å². The van der Waals surface area contributed by atoms with Gasteiger partial charge in [0.05, 0.1) is 18.8 Å². The summed E-state index contributed by atoms with van der Waals surface area (Å²) in [4.78, 5) is 30.3. The number of hydrogen-bond acceptors (Lipinski definition) is 6. The summed E-state index contributed by atoms with van der Waals surface area (Å²) < 4.78 is 20.1. The Morgan fingerprint density at radius 1 is 1.32 bits per heavy atom. The lowest BCUT2D eigenvalue weighted by molar-refractivity contribution is -0.119. The van der Waals surface area contributed by atoms with Crippen LogP contribution in [-0.4, -0.2) is 68.6 Å². The molecule has 34 heavy (non-hydrogen) atoms. The van der Waals surface area contributed by atoms with Crippen LogP contribution in [0.3, 0.4) is 0 Å². The van der Waals surface area contributed by atoms with Gasteiger partial charge in [-0.1, -0.05) is 24.3 Å². The molecule has 2 aromatic rings. The third-order valence-corrected chi connectivity index (χ3v) is 5.16. The Kier molecular flexibility index (Phi) is 10.2. The van der Waals surface area contributed by atoms with Gasteiger partial charge in [0.15, 0.2) is 0 Å². The largest absolute Gasteiger partial charge is 0.442 e. The van der Waals surface area contributed by atoms with Gasteiger partial charge < -0.3 is 20.1 Å². The van der Waals surface area contributed by atoms with E-state index in [2.05, 4.69) is 17.0 Å². The summed E-state index contributed by atoms with van der Waals surface area (Å²) >= 11 is 0. The molecule has 1 saturated heterocycles. The Hall–Kier alpha value is -3.72. The molecule has 0 aromatic heterocycles. The van der Waals surface area contributed by atoms with Crippen molar-refractivity contribution in [3.63, 3.8) is 0 Å². The average Bonchev–Trinajstić information content (AvgIpc) is 3.22. The van der Waals surface area contributed by atoms with Crippen LogP contribution in [-0.2, 0) is 16.0 Å². The number of carbonyl (C=O) groups excluding carboxylic acids is 2. The number of benzene rings is 2. The minimum Gasteiger partial charge on any atom is -0.442 e. The lowest BCUT2D eigenvalue weighted by Gasteiger charge is -2.15. The van der Waals surface area contributed by atoms with Gasteiger partial charge in [0.1, 0.15) is 11.9 Å². The molecule has 0 aliphatic carbocycles. The minimum absolute atomic E-state index is 0.199. The summed E-state index contributed by atoms with van der Waals surface area (Å²) in [6.45, 7) is 6.10. The summed E-state index contributed by atoms with van der Waals surface area (Å²) in [5.74, 6) is -0.620. The summed E-state index contributed by atoms with van der Waals surface area (Å²) in [6, 6.07) is 12.4. The third kappa shape index (κ3) is 7.41. The second kappa shape index (κ2) is 13.1. The van der Waals surface area contributed by atoms with Crippen molar-refractivity contribution >= 4 is 24.4 Å². The van der Waals surface area contributed by atoms with Crippen molar-refractivity contribution in [1.29, 1.82) is 0 Å². The number of nitrogens with one attached hydrogen (secondary N) is 1. The van der Waals surface area contributed by atoms with Crippen LogP contribution in [0.25, 0.3) is 11.1 Å². The number of cyclic esters (lactones) is 1. The number of halogens is 1. The number of amides is 2. The fourth-order valence-corrected chi connectivity index (χ4v) is 3.39. The Morgan fingerprint density at radius 2 is 2.03 bits per heavy atom. The van der Waals surface area contributed by atoms with Gasteiger partial charge in [0.2, 0.25) is 5.91 Å². The maximum Gasteiger partial charge on any atom is 0.414 e. The number of ether oxygens (including phenoxy) is 1. The fourth-order valence-electron chi connectivity index (χ4n) is 3.39. The molecule has 0 bridgehead atoms. The predicted octanol–water partition coefficient (Wildman–Crippen LogP) is 3.21. The first-order valence-electron chi connectivity index (χ1n) is 10.8. The highest BCUT2D eigenvalue weighted by molar-refractivity contribution is 5.90. The molecule has 3 rings (SSSR count). The molecule has 1 aliphatic heterocycles. The Balaban J connectivity index is 0.00000199. The highest BCUT2D eigenvalue weighted by Gasteiger charge is 2.32. The molecule has 2 amide bonds. The highest BCUT2D eigenvalue weighted by Crippen LogP contribution is 2.29. The van der Waals surface area contributed by atoms with Gasteiger partial charge in [-0.05, 0) is 42.5 Å². The van der Waals surface area contributed by atoms with E-state index in [-0.39, 0.29) is 19.0 Å². The van der Waals surface area contributed by atoms with Crippen molar-refractivity contribution in [2.45, 2.75) is 19.4 Å². The standard InChI is InChI=1S/C24H27FN4O3.CH4O/c1-17(30)27-15-21-16-29(24(31)32-21)20-8-9-22(23(25)14-20)19-6-4-18(5-7-19)10-12-28(3)13-11-26-2;1-2/h4-9,11,13-14,21H,2,10,12,15-16H2,1,3H3,(H,27,30);2H,1H3/b13-11-;. The van der Waals surface area contributed by atoms with E-state index in [9.17, 15) is 14.0 Å². The lowest BCUT2D eigenvalue weighted by Crippen LogP contribution is -2.33. The predicted molar refractivity (Wildman–Crippen MR) is 131 cm³/mol. The molecule has 1 atom stereocenters. The van der Waals surface area contributed by atoms with Crippen molar-refractivity contribution < 1.29 is 23.8 Å². The van der Waals surface area contributed by atoms with Crippen molar-refractivity contribution in [2.75, 3.05) is 38.7 Å². The maximum atomic E-state index is 14.9. The van der Waals surface area contributed by atoms with Gasteiger partial charge in [0, 0.05) is 45.6 Å². The molecule has 0 saturated carbocycles. The second-order valence-corrected chi connectivity index (χ2v) is 7.63. The number of anilines is 1. The van der Waals surface area contributed by atoms with Gasteiger partial charge in [-0.25, -0.2) is 9.18 Å². The van der Waals surface area contributed by atoms with Crippen molar-refractivity contribution in [3.05, 3.63) is 66.2 Å². The molecule has 182 valence electrons. The van der Waals surface area contributed by atoms with Crippen LogP contribution in [0, 0.1) is 5.82 Å². The van der Waals surface area contributed by atoms with Crippen LogP contribution in [0.2, 0.25) is 0 Å². The smallest absolute Gasteiger partial charge is 0.414 e. The van der Waals surface area contributed by atoms with Gasteiger partial charge in [0.25, 0.3) is 0 Å². The molecule has 0 radical (unpaired) electrons. The minimum atomic E-state index is -0.555. The molecule has 1 fully saturated rings. The molecule has 1 aliphatic rings. The van der Waals surface area contributed by atoms with Gasteiger partial charge in [-0.15, -0.1) is 0 Å². The zero-order valence-electron chi connectivity index (χ0n) is 19.7. The van der Waals surface area contributed by atoms with Crippen LogP contribution in [0.1, 0.15) is 12.5 Å². The summed E-state index contributed by atoms with van der Waals surface area (Å²) in [5, 5.41) is 9.62. The first-order chi connectivity index (χ1) is 16.4.